The van der Waals surface area contributed by atoms with Crippen LogP contribution in [0.2, 0.25) is 0 Å². The third-order valence-corrected chi connectivity index (χ3v) is 5.05. The van der Waals surface area contributed by atoms with Crippen LogP contribution < -0.4 is 0 Å². The van der Waals surface area contributed by atoms with E-state index in [2.05, 4.69) is 36.1 Å². The normalized spacial score (nSPS) is 17.7. The molecule has 8 heteroatoms. The Balaban J connectivity index is 2.00. The molecule has 1 aromatic heterocycles. The standard InChI is InChI=1S/C18H12BrF3N4/c1-17(2)18(21,22)13-9(5-3-6-10(13)19)14(24-17)16-23-12-8-4-7-11(20)15(12)25-26-16/h3-8H,1-2H3. The van der Waals surface area contributed by atoms with Gasteiger partial charge in [-0.05, 0) is 32.0 Å². The van der Waals surface area contributed by atoms with Crippen molar-refractivity contribution in [3.8, 4) is 0 Å². The van der Waals surface area contributed by atoms with Gasteiger partial charge in [0.15, 0.2) is 5.82 Å². The van der Waals surface area contributed by atoms with E-state index in [0.717, 1.165) is 0 Å². The van der Waals surface area contributed by atoms with Crippen LogP contribution in [0.3, 0.4) is 0 Å². The van der Waals surface area contributed by atoms with Crippen LogP contribution in [0, 0.1) is 5.82 Å². The highest BCUT2D eigenvalue weighted by Gasteiger charge is 2.54. The van der Waals surface area contributed by atoms with E-state index in [1.54, 1.807) is 24.3 Å². The largest absolute Gasteiger partial charge is 0.299 e. The lowest BCUT2D eigenvalue weighted by molar-refractivity contribution is -0.0688. The van der Waals surface area contributed by atoms with Gasteiger partial charge in [-0.1, -0.05) is 34.1 Å². The van der Waals surface area contributed by atoms with E-state index in [0.29, 0.717) is 0 Å². The van der Waals surface area contributed by atoms with Crippen molar-refractivity contribution in [3.63, 3.8) is 0 Å². The number of nitrogens with zero attached hydrogens (tertiary/aromatic N) is 4. The fraction of sp³-hybridized carbons (Fsp3) is 0.222. The van der Waals surface area contributed by atoms with E-state index >= 15 is 0 Å². The lowest BCUT2D eigenvalue weighted by Gasteiger charge is -2.37. The molecule has 2 heterocycles. The molecule has 3 aromatic rings. The van der Waals surface area contributed by atoms with Crippen molar-refractivity contribution in [2.75, 3.05) is 0 Å². The molecule has 0 unspecified atom stereocenters. The quantitative estimate of drug-likeness (QED) is 0.575. The number of alkyl halides is 2. The molecule has 0 saturated carbocycles. The van der Waals surface area contributed by atoms with Crippen molar-refractivity contribution >= 4 is 32.7 Å². The van der Waals surface area contributed by atoms with Crippen LogP contribution in [-0.4, -0.2) is 26.4 Å². The molecular formula is C18H12BrF3N4. The third-order valence-electron chi connectivity index (χ3n) is 4.39. The van der Waals surface area contributed by atoms with Gasteiger partial charge in [-0.2, -0.15) is 8.78 Å². The minimum absolute atomic E-state index is 0.0201. The van der Waals surface area contributed by atoms with Gasteiger partial charge in [-0.3, -0.25) is 4.99 Å². The van der Waals surface area contributed by atoms with Crippen LogP contribution in [0.1, 0.15) is 30.8 Å². The lowest BCUT2D eigenvalue weighted by atomic mass is 9.83. The van der Waals surface area contributed by atoms with Crippen molar-refractivity contribution < 1.29 is 13.2 Å². The summed E-state index contributed by atoms with van der Waals surface area (Å²) in [6.07, 6.45) is 0. The Labute approximate surface area is 155 Å². The van der Waals surface area contributed by atoms with E-state index in [-0.39, 0.29) is 38.2 Å². The zero-order chi connectivity index (χ0) is 18.7. The molecular weight excluding hydrogens is 409 g/mol. The van der Waals surface area contributed by atoms with Crippen molar-refractivity contribution in [1.82, 2.24) is 15.2 Å². The highest BCUT2D eigenvalue weighted by molar-refractivity contribution is 9.10. The Morgan fingerprint density at radius 1 is 1.00 bits per heavy atom. The predicted octanol–water partition coefficient (Wildman–Crippen LogP) is 4.65. The van der Waals surface area contributed by atoms with Gasteiger partial charge in [-0.15, -0.1) is 10.2 Å². The summed E-state index contributed by atoms with van der Waals surface area (Å²) in [6.45, 7) is 2.70. The summed E-state index contributed by atoms with van der Waals surface area (Å²) in [5, 5.41) is 7.81. The van der Waals surface area contributed by atoms with Gasteiger partial charge in [-0.25, -0.2) is 9.37 Å². The number of hydrogen-bond donors (Lipinski definition) is 0. The van der Waals surface area contributed by atoms with Crippen LogP contribution in [0.4, 0.5) is 13.2 Å². The van der Waals surface area contributed by atoms with Crippen molar-refractivity contribution in [2.24, 2.45) is 4.99 Å². The molecule has 2 aromatic carbocycles. The Morgan fingerprint density at radius 2 is 1.73 bits per heavy atom. The summed E-state index contributed by atoms with van der Waals surface area (Å²) < 4.78 is 44.1. The van der Waals surface area contributed by atoms with E-state index in [1.807, 2.05) is 0 Å². The molecule has 0 saturated heterocycles. The Morgan fingerprint density at radius 3 is 2.50 bits per heavy atom. The minimum atomic E-state index is -3.19. The maximum absolute atomic E-state index is 15.0. The molecule has 0 bridgehead atoms. The second kappa shape index (κ2) is 5.57. The molecule has 132 valence electrons. The zero-order valence-electron chi connectivity index (χ0n) is 13.8. The first-order valence-corrected chi connectivity index (χ1v) is 8.58. The summed E-state index contributed by atoms with van der Waals surface area (Å²) in [7, 11) is 0. The minimum Gasteiger partial charge on any atom is -0.268 e. The van der Waals surface area contributed by atoms with Gasteiger partial charge in [0.25, 0.3) is 5.92 Å². The monoisotopic (exact) mass is 420 g/mol. The van der Waals surface area contributed by atoms with E-state index < -0.39 is 17.3 Å². The van der Waals surface area contributed by atoms with Crippen LogP contribution in [0.5, 0.6) is 0 Å². The number of aliphatic imine (C=N–C) groups is 1. The number of benzene rings is 2. The fourth-order valence-electron chi connectivity index (χ4n) is 2.95. The Bertz CT molecular complexity index is 1080. The molecule has 1 aliphatic heterocycles. The first kappa shape index (κ1) is 17.1. The third kappa shape index (κ3) is 2.35. The first-order chi connectivity index (χ1) is 12.2. The molecule has 1 aliphatic rings. The number of rotatable bonds is 1. The average Bonchev–Trinajstić information content (AvgIpc) is 2.58. The smallest absolute Gasteiger partial charge is 0.268 e. The van der Waals surface area contributed by atoms with Crippen molar-refractivity contribution in [2.45, 2.75) is 25.3 Å². The highest BCUT2D eigenvalue weighted by atomic mass is 79.9. The second-order valence-corrected chi connectivity index (χ2v) is 7.35. The summed E-state index contributed by atoms with van der Waals surface area (Å²) in [5.41, 5.74) is -1.15. The second-order valence-electron chi connectivity index (χ2n) is 6.50. The van der Waals surface area contributed by atoms with Crippen LogP contribution >= 0.6 is 15.9 Å². The number of hydrogen-bond acceptors (Lipinski definition) is 4. The van der Waals surface area contributed by atoms with Crippen LogP contribution in [-0.2, 0) is 5.92 Å². The summed E-state index contributed by atoms with van der Waals surface area (Å²) in [5.74, 6) is -3.66. The summed E-state index contributed by atoms with van der Waals surface area (Å²) in [4.78, 5) is 8.53. The molecule has 0 spiro atoms. The van der Waals surface area contributed by atoms with Gasteiger partial charge in [0, 0.05) is 15.6 Å². The van der Waals surface area contributed by atoms with E-state index in [1.165, 1.54) is 26.0 Å². The number of fused-ring (bicyclic) bond motifs is 2. The maximum atomic E-state index is 15.0. The average molecular weight is 421 g/mol. The Hall–Kier alpha value is -2.35. The van der Waals surface area contributed by atoms with Gasteiger partial charge in [0.05, 0.1) is 5.52 Å². The topological polar surface area (TPSA) is 51.0 Å². The lowest BCUT2D eigenvalue weighted by Crippen LogP contribution is -2.44. The van der Waals surface area contributed by atoms with Crippen molar-refractivity contribution in [3.05, 3.63) is 63.6 Å². The SMILES string of the molecule is CC1(C)N=C(c2nnc3c(F)cccc3n2)c2cccc(Br)c2C1(F)F. The number of aromatic nitrogens is 3. The Kier molecular flexibility index (Phi) is 3.66. The summed E-state index contributed by atoms with van der Waals surface area (Å²) in [6, 6.07) is 9.08. The molecule has 0 radical (unpaired) electrons. The van der Waals surface area contributed by atoms with E-state index in [9.17, 15) is 13.2 Å². The van der Waals surface area contributed by atoms with Gasteiger partial charge in [0.1, 0.15) is 16.8 Å². The number of halogens is 4. The van der Waals surface area contributed by atoms with Crippen LogP contribution in [0.15, 0.2) is 45.9 Å². The molecule has 0 atom stereocenters. The molecule has 0 amide bonds. The molecule has 4 rings (SSSR count). The zero-order valence-corrected chi connectivity index (χ0v) is 15.4. The molecule has 26 heavy (non-hydrogen) atoms. The van der Waals surface area contributed by atoms with Gasteiger partial charge >= 0.3 is 0 Å². The molecule has 0 fully saturated rings. The predicted molar refractivity (Wildman–Crippen MR) is 95.0 cm³/mol. The van der Waals surface area contributed by atoms with E-state index in [4.69, 9.17) is 0 Å². The summed E-state index contributed by atoms with van der Waals surface area (Å²) >= 11 is 3.22. The first-order valence-electron chi connectivity index (χ1n) is 7.79. The van der Waals surface area contributed by atoms with Crippen LogP contribution in [0.25, 0.3) is 11.0 Å². The maximum Gasteiger partial charge on any atom is 0.299 e. The van der Waals surface area contributed by atoms with Gasteiger partial charge in [0.2, 0.25) is 5.82 Å². The molecule has 4 nitrogen and oxygen atoms in total. The fourth-order valence-corrected chi connectivity index (χ4v) is 3.57. The van der Waals surface area contributed by atoms with Crippen molar-refractivity contribution in [1.29, 1.82) is 0 Å². The molecule has 0 N–H and O–H groups in total. The van der Waals surface area contributed by atoms with Gasteiger partial charge < -0.3 is 0 Å². The highest BCUT2D eigenvalue weighted by Crippen LogP contribution is 2.49. The molecule has 0 aliphatic carbocycles.